The van der Waals surface area contributed by atoms with Crippen molar-refractivity contribution in [3.63, 3.8) is 0 Å². The normalized spacial score (nSPS) is 9.74. The highest BCUT2D eigenvalue weighted by molar-refractivity contribution is 5.90. The van der Waals surface area contributed by atoms with Crippen LogP contribution in [-0.4, -0.2) is 5.97 Å². The maximum atomic E-state index is 11.7. The van der Waals surface area contributed by atoms with Gasteiger partial charge in [-0.3, -0.25) is 0 Å². The molecule has 0 aliphatic heterocycles. The molecule has 0 amide bonds. The molecule has 0 saturated carbocycles. The fraction of sp³-hybridized carbons (Fsp3) is 0.0714. The number of carbonyl (C=O) groups is 1. The smallest absolute Gasteiger partial charge is 0.338 e. The van der Waals surface area contributed by atoms with Gasteiger partial charge in [-0.1, -0.05) is 24.3 Å². The summed E-state index contributed by atoms with van der Waals surface area (Å²) in [5.41, 5.74) is 11.9. The molecule has 0 saturated heterocycles. The lowest BCUT2D eigenvalue weighted by molar-refractivity contribution is 0.0596. The van der Waals surface area contributed by atoms with Crippen molar-refractivity contribution in [1.82, 2.24) is 0 Å². The molecule has 0 aromatic heterocycles. The van der Waals surface area contributed by atoms with Gasteiger partial charge in [0.05, 0.1) is 11.3 Å². The van der Waals surface area contributed by atoms with Crippen LogP contribution in [-0.2, 0) is 4.84 Å². The Kier molecular flexibility index (Phi) is 3.87. The van der Waals surface area contributed by atoms with E-state index < -0.39 is 5.97 Å². The molecular weight excluding hydrogens is 242 g/mol. The van der Waals surface area contributed by atoms with E-state index in [2.05, 4.69) is 10.6 Å². The number of hydrogen-bond acceptors (Lipinski definition) is 5. The molecule has 5 nitrogen and oxygen atoms in total. The fourth-order valence-corrected chi connectivity index (χ4v) is 1.55. The molecule has 0 aliphatic rings. The van der Waals surface area contributed by atoms with Crippen LogP contribution in [0.4, 0.5) is 11.4 Å². The van der Waals surface area contributed by atoms with Crippen molar-refractivity contribution in [3.8, 4) is 0 Å². The molecule has 0 spiro atoms. The molecule has 2 N–H and O–H groups in total. The quantitative estimate of drug-likeness (QED) is 0.643. The SMILES string of the molecule is Cc1ccc(NOC(=O)c2ccccc2)c(N=N)c1. The van der Waals surface area contributed by atoms with Crippen LogP contribution in [0.3, 0.4) is 0 Å². The predicted octanol–water partition coefficient (Wildman–Crippen LogP) is 3.84. The Balaban J connectivity index is 2.07. The van der Waals surface area contributed by atoms with Crippen molar-refractivity contribution in [2.45, 2.75) is 6.92 Å². The summed E-state index contributed by atoms with van der Waals surface area (Å²) < 4.78 is 0. The molecule has 0 radical (unpaired) electrons. The molecule has 5 heteroatoms. The minimum absolute atomic E-state index is 0.417. The average Bonchev–Trinajstić information content (AvgIpc) is 2.46. The Labute approximate surface area is 110 Å². The van der Waals surface area contributed by atoms with E-state index in [9.17, 15) is 4.79 Å². The van der Waals surface area contributed by atoms with Gasteiger partial charge in [0.15, 0.2) is 0 Å². The summed E-state index contributed by atoms with van der Waals surface area (Å²) in [6.45, 7) is 1.90. The van der Waals surface area contributed by atoms with Crippen LogP contribution < -0.4 is 5.48 Å². The zero-order chi connectivity index (χ0) is 13.7. The van der Waals surface area contributed by atoms with Gasteiger partial charge in [0.25, 0.3) is 0 Å². The van der Waals surface area contributed by atoms with Gasteiger partial charge >= 0.3 is 5.97 Å². The lowest BCUT2D eigenvalue weighted by Gasteiger charge is -2.09. The minimum Gasteiger partial charge on any atom is -0.338 e. The topological polar surface area (TPSA) is 74.5 Å². The van der Waals surface area contributed by atoms with Crippen molar-refractivity contribution in [2.24, 2.45) is 5.11 Å². The van der Waals surface area contributed by atoms with E-state index in [1.54, 1.807) is 36.4 Å². The zero-order valence-electron chi connectivity index (χ0n) is 10.4. The van der Waals surface area contributed by atoms with Crippen LogP contribution in [0.5, 0.6) is 0 Å². The van der Waals surface area contributed by atoms with Crippen LogP contribution >= 0.6 is 0 Å². The molecule has 19 heavy (non-hydrogen) atoms. The van der Waals surface area contributed by atoms with Crippen molar-refractivity contribution >= 4 is 17.3 Å². The first kappa shape index (κ1) is 12.8. The van der Waals surface area contributed by atoms with E-state index >= 15 is 0 Å². The van der Waals surface area contributed by atoms with Gasteiger partial charge in [0.1, 0.15) is 5.69 Å². The Bertz CT molecular complexity index is 597. The monoisotopic (exact) mass is 255 g/mol. The summed E-state index contributed by atoms with van der Waals surface area (Å²) in [5.74, 6) is -0.489. The Hall–Kier alpha value is -2.69. The second-order valence-corrected chi connectivity index (χ2v) is 3.99. The second kappa shape index (κ2) is 5.77. The maximum Gasteiger partial charge on any atom is 0.362 e. The van der Waals surface area contributed by atoms with E-state index in [4.69, 9.17) is 10.4 Å². The predicted molar refractivity (Wildman–Crippen MR) is 71.5 cm³/mol. The molecule has 2 aromatic carbocycles. The van der Waals surface area contributed by atoms with Gasteiger partial charge < -0.3 is 4.84 Å². The fourth-order valence-electron chi connectivity index (χ4n) is 1.55. The Morgan fingerprint density at radius 1 is 1.21 bits per heavy atom. The first-order valence-electron chi connectivity index (χ1n) is 5.71. The molecule has 0 aliphatic carbocycles. The number of nitrogens with one attached hydrogen (secondary N) is 2. The van der Waals surface area contributed by atoms with Crippen LogP contribution in [0.25, 0.3) is 0 Å². The van der Waals surface area contributed by atoms with Gasteiger partial charge in [-0.05, 0) is 36.8 Å². The number of benzene rings is 2. The molecule has 2 aromatic rings. The summed E-state index contributed by atoms with van der Waals surface area (Å²) >= 11 is 0. The molecule has 2 rings (SSSR count). The highest BCUT2D eigenvalue weighted by Crippen LogP contribution is 2.25. The standard InChI is InChI=1S/C14H13N3O2/c1-10-7-8-12(13(9-10)16-15)17-19-14(18)11-5-3-2-4-6-11/h2-9,15,17H,1H3. The minimum atomic E-state index is -0.489. The molecule has 0 bridgehead atoms. The first-order chi connectivity index (χ1) is 9.20. The van der Waals surface area contributed by atoms with E-state index in [-0.39, 0.29) is 0 Å². The van der Waals surface area contributed by atoms with Crippen molar-refractivity contribution in [3.05, 3.63) is 59.7 Å². The zero-order valence-corrected chi connectivity index (χ0v) is 10.4. The number of carbonyl (C=O) groups excluding carboxylic acids is 1. The number of rotatable bonds is 4. The van der Waals surface area contributed by atoms with E-state index in [1.807, 2.05) is 19.1 Å². The van der Waals surface area contributed by atoms with E-state index in [0.29, 0.717) is 16.9 Å². The van der Waals surface area contributed by atoms with Gasteiger partial charge in [-0.25, -0.2) is 15.8 Å². The highest BCUT2D eigenvalue weighted by Gasteiger charge is 2.08. The lowest BCUT2D eigenvalue weighted by atomic mass is 10.2. The second-order valence-electron chi connectivity index (χ2n) is 3.99. The number of anilines is 1. The van der Waals surface area contributed by atoms with Crippen LogP contribution in [0, 0.1) is 12.5 Å². The molecule has 96 valence electrons. The van der Waals surface area contributed by atoms with E-state index in [0.717, 1.165) is 5.56 Å². The number of hydrogen-bond donors (Lipinski definition) is 2. The molecule has 0 unspecified atom stereocenters. The Morgan fingerprint density at radius 2 is 1.95 bits per heavy atom. The summed E-state index contributed by atoms with van der Waals surface area (Å²) in [7, 11) is 0. The van der Waals surface area contributed by atoms with Crippen molar-refractivity contribution in [1.29, 1.82) is 5.53 Å². The van der Waals surface area contributed by atoms with Gasteiger partial charge in [0, 0.05) is 0 Å². The van der Waals surface area contributed by atoms with Crippen LogP contribution in [0.2, 0.25) is 0 Å². The van der Waals surface area contributed by atoms with Crippen LogP contribution in [0.1, 0.15) is 15.9 Å². The molecule has 0 fully saturated rings. The maximum absolute atomic E-state index is 11.7. The van der Waals surface area contributed by atoms with E-state index in [1.165, 1.54) is 0 Å². The number of nitrogens with zero attached hydrogens (tertiary/aromatic N) is 1. The summed E-state index contributed by atoms with van der Waals surface area (Å²) in [5, 5.41) is 3.38. The average molecular weight is 255 g/mol. The first-order valence-corrected chi connectivity index (χ1v) is 5.71. The number of aryl methyl sites for hydroxylation is 1. The van der Waals surface area contributed by atoms with Gasteiger partial charge in [0.2, 0.25) is 0 Å². The third-order valence-corrected chi connectivity index (χ3v) is 2.54. The largest absolute Gasteiger partial charge is 0.362 e. The summed E-state index contributed by atoms with van der Waals surface area (Å²) in [6.07, 6.45) is 0. The third kappa shape index (κ3) is 3.16. The highest BCUT2D eigenvalue weighted by atomic mass is 16.7. The van der Waals surface area contributed by atoms with Gasteiger partial charge in [-0.2, -0.15) is 5.11 Å². The summed E-state index contributed by atoms with van der Waals surface area (Å²) in [4.78, 5) is 16.7. The third-order valence-electron chi connectivity index (χ3n) is 2.54. The van der Waals surface area contributed by atoms with Crippen LogP contribution in [0.15, 0.2) is 53.6 Å². The lowest BCUT2D eigenvalue weighted by Crippen LogP contribution is -2.10. The van der Waals surface area contributed by atoms with Crippen molar-refractivity contribution in [2.75, 3.05) is 5.48 Å². The van der Waals surface area contributed by atoms with Gasteiger partial charge in [-0.15, -0.1) is 0 Å². The van der Waals surface area contributed by atoms with Crippen molar-refractivity contribution < 1.29 is 9.63 Å². The molecular formula is C14H13N3O2. The summed E-state index contributed by atoms with van der Waals surface area (Å²) in [6, 6.07) is 13.9. The Morgan fingerprint density at radius 3 is 2.63 bits per heavy atom. The molecule has 0 atom stereocenters. The molecule has 0 heterocycles.